The third kappa shape index (κ3) is 2.72. The predicted molar refractivity (Wildman–Crippen MR) is 78.0 cm³/mol. The highest BCUT2D eigenvalue weighted by Gasteiger charge is 2.15. The second-order valence-corrected chi connectivity index (χ2v) is 4.83. The van der Waals surface area contributed by atoms with E-state index in [0.717, 1.165) is 5.52 Å². The number of pyridine rings is 1. The summed E-state index contributed by atoms with van der Waals surface area (Å²) in [4.78, 5) is 24.5. The van der Waals surface area contributed by atoms with Gasteiger partial charge in [-0.15, -0.1) is 0 Å². The van der Waals surface area contributed by atoms with E-state index >= 15 is 0 Å². The van der Waals surface area contributed by atoms with Crippen LogP contribution in [-0.2, 0) is 11.8 Å². The van der Waals surface area contributed by atoms with Gasteiger partial charge in [-0.05, 0) is 19.1 Å². The Morgan fingerprint density at radius 1 is 1.40 bits per heavy atom. The maximum absolute atomic E-state index is 12.4. The quantitative estimate of drug-likeness (QED) is 0.914. The molecule has 1 N–H and O–H groups in total. The van der Waals surface area contributed by atoms with Gasteiger partial charge in [-0.3, -0.25) is 9.59 Å². The Labute approximate surface area is 117 Å². The molecule has 1 aromatic carbocycles. The zero-order valence-corrected chi connectivity index (χ0v) is 11.8. The average Bonchev–Trinajstić information content (AvgIpc) is 2.43. The molecule has 0 spiro atoms. The molecule has 0 aliphatic rings. The first-order valence-corrected chi connectivity index (χ1v) is 6.42. The number of aryl methyl sites for hydroxylation is 1. The molecule has 0 saturated carbocycles. The van der Waals surface area contributed by atoms with Crippen LogP contribution in [0.1, 0.15) is 17.3 Å². The SMILES string of the molecule is COC[C@@H](C)NC(=O)c1cn(C)c2ccccc2c1=O. The molecule has 0 fully saturated rings. The predicted octanol–water partition coefficient (Wildman–Crippen LogP) is 1.30. The van der Waals surface area contributed by atoms with Crippen molar-refractivity contribution < 1.29 is 9.53 Å². The molecule has 0 radical (unpaired) electrons. The van der Waals surface area contributed by atoms with Crippen LogP contribution in [-0.4, -0.2) is 30.2 Å². The van der Waals surface area contributed by atoms with Crippen LogP contribution in [0.25, 0.3) is 10.9 Å². The van der Waals surface area contributed by atoms with Crippen molar-refractivity contribution in [3.63, 3.8) is 0 Å². The Bertz CT molecular complexity index is 691. The number of benzene rings is 1. The van der Waals surface area contributed by atoms with Crippen molar-refractivity contribution in [2.45, 2.75) is 13.0 Å². The van der Waals surface area contributed by atoms with Gasteiger partial charge in [-0.2, -0.15) is 0 Å². The lowest BCUT2D eigenvalue weighted by atomic mass is 10.1. The maximum atomic E-state index is 12.4. The van der Waals surface area contributed by atoms with Gasteiger partial charge < -0.3 is 14.6 Å². The van der Waals surface area contributed by atoms with Crippen LogP contribution < -0.4 is 10.7 Å². The number of methoxy groups -OCH3 is 1. The number of aromatic nitrogens is 1. The summed E-state index contributed by atoms with van der Waals surface area (Å²) in [5.41, 5.74) is 0.703. The van der Waals surface area contributed by atoms with Crippen LogP contribution in [0, 0.1) is 0 Å². The topological polar surface area (TPSA) is 60.3 Å². The van der Waals surface area contributed by atoms with Gasteiger partial charge in [0.15, 0.2) is 0 Å². The number of hydrogen-bond donors (Lipinski definition) is 1. The van der Waals surface area contributed by atoms with Crippen LogP contribution in [0.2, 0.25) is 0 Å². The van der Waals surface area contributed by atoms with Gasteiger partial charge in [-0.25, -0.2) is 0 Å². The van der Waals surface area contributed by atoms with E-state index in [-0.39, 0.29) is 22.9 Å². The number of carbonyl (C=O) groups is 1. The number of amides is 1. The molecule has 2 aromatic rings. The highest BCUT2D eigenvalue weighted by atomic mass is 16.5. The minimum atomic E-state index is -0.374. The van der Waals surface area contributed by atoms with Gasteiger partial charge in [0, 0.05) is 31.8 Å². The highest BCUT2D eigenvalue weighted by molar-refractivity contribution is 5.97. The average molecular weight is 274 g/mol. The molecule has 2 rings (SSSR count). The first-order valence-electron chi connectivity index (χ1n) is 6.42. The number of para-hydroxylation sites is 1. The van der Waals surface area contributed by atoms with E-state index in [2.05, 4.69) is 5.32 Å². The summed E-state index contributed by atoms with van der Waals surface area (Å²) in [6.07, 6.45) is 1.57. The third-order valence-electron chi connectivity index (χ3n) is 3.13. The first-order chi connectivity index (χ1) is 9.54. The lowest BCUT2D eigenvalue weighted by molar-refractivity contribution is 0.0904. The zero-order chi connectivity index (χ0) is 14.7. The smallest absolute Gasteiger partial charge is 0.257 e. The van der Waals surface area contributed by atoms with Crippen molar-refractivity contribution in [3.8, 4) is 0 Å². The molecule has 1 atom stereocenters. The number of fused-ring (bicyclic) bond motifs is 1. The molecule has 5 heteroatoms. The monoisotopic (exact) mass is 274 g/mol. The van der Waals surface area contributed by atoms with Crippen LogP contribution in [0.5, 0.6) is 0 Å². The first kappa shape index (κ1) is 14.3. The fourth-order valence-electron chi connectivity index (χ4n) is 2.20. The molecule has 1 amide bonds. The van der Waals surface area contributed by atoms with Gasteiger partial charge >= 0.3 is 0 Å². The lowest BCUT2D eigenvalue weighted by Crippen LogP contribution is -2.38. The molecule has 0 unspecified atom stereocenters. The number of rotatable bonds is 4. The summed E-state index contributed by atoms with van der Waals surface area (Å²) in [5, 5.41) is 3.30. The molecular formula is C15H18N2O3. The summed E-state index contributed by atoms with van der Waals surface area (Å²) in [7, 11) is 3.38. The number of nitrogens with one attached hydrogen (secondary N) is 1. The number of carbonyl (C=O) groups excluding carboxylic acids is 1. The van der Waals surface area contributed by atoms with Gasteiger partial charge in [0.1, 0.15) is 5.56 Å². The minimum absolute atomic E-state index is 0.147. The summed E-state index contributed by atoms with van der Waals surface area (Å²) in [6.45, 7) is 2.23. The van der Waals surface area contributed by atoms with E-state index in [9.17, 15) is 9.59 Å². The van der Waals surface area contributed by atoms with Gasteiger partial charge in [0.2, 0.25) is 5.43 Å². The van der Waals surface area contributed by atoms with Crippen molar-refractivity contribution >= 4 is 16.8 Å². The van der Waals surface area contributed by atoms with Crippen molar-refractivity contribution in [1.82, 2.24) is 9.88 Å². The zero-order valence-electron chi connectivity index (χ0n) is 11.8. The normalized spacial score (nSPS) is 12.3. The summed E-state index contributed by atoms with van der Waals surface area (Å²) in [6, 6.07) is 7.09. The fourth-order valence-corrected chi connectivity index (χ4v) is 2.20. The molecule has 20 heavy (non-hydrogen) atoms. The third-order valence-corrected chi connectivity index (χ3v) is 3.13. The molecule has 1 heterocycles. The minimum Gasteiger partial charge on any atom is -0.383 e. The molecule has 0 aliphatic carbocycles. The Morgan fingerprint density at radius 3 is 2.80 bits per heavy atom. The van der Waals surface area contributed by atoms with E-state index in [1.807, 2.05) is 26.1 Å². The standard InChI is InChI=1S/C15H18N2O3/c1-10(9-20-3)16-15(19)12-8-17(2)13-7-5-4-6-11(13)14(12)18/h4-8,10H,9H2,1-3H3,(H,16,19)/t10-/m1/s1. The Hall–Kier alpha value is -2.14. The second-order valence-electron chi connectivity index (χ2n) is 4.83. The molecule has 106 valence electrons. The molecule has 0 bridgehead atoms. The Morgan fingerprint density at radius 2 is 2.10 bits per heavy atom. The van der Waals surface area contributed by atoms with E-state index in [0.29, 0.717) is 12.0 Å². The summed E-state index contributed by atoms with van der Waals surface area (Å²) in [5.74, 6) is -0.374. The van der Waals surface area contributed by atoms with Gasteiger partial charge in [-0.1, -0.05) is 12.1 Å². The van der Waals surface area contributed by atoms with Crippen LogP contribution in [0.3, 0.4) is 0 Å². The van der Waals surface area contributed by atoms with Crippen molar-refractivity contribution in [2.24, 2.45) is 7.05 Å². The molecule has 0 aliphatic heterocycles. The Balaban J connectivity index is 2.43. The van der Waals surface area contributed by atoms with Crippen molar-refractivity contribution in [2.75, 3.05) is 13.7 Å². The Kier molecular flexibility index (Phi) is 4.20. The van der Waals surface area contributed by atoms with E-state index in [1.54, 1.807) is 30.0 Å². The van der Waals surface area contributed by atoms with Crippen LogP contribution in [0.15, 0.2) is 35.3 Å². The summed E-state index contributed by atoms with van der Waals surface area (Å²) >= 11 is 0. The maximum Gasteiger partial charge on any atom is 0.257 e. The van der Waals surface area contributed by atoms with Gasteiger partial charge in [0.25, 0.3) is 5.91 Å². The highest BCUT2D eigenvalue weighted by Crippen LogP contribution is 2.10. The molecule has 0 saturated heterocycles. The number of hydrogen-bond acceptors (Lipinski definition) is 3. The lowest BCUT2D eigenvalue weighted by Gasteiger charge is -2.13. The van der Waals surface area contributed by atoms with Gasteiger partial charge in [0.05, 0.1) is 12.1 Å². The second kappa shape index (κ2) is 5.88. The van der Waals surface area contributed by atoms with Crippen molar-refractivity contribution in [1.29, 1.82) is 0 Å². The number of ether oxygens (including phenoxy) is 1. The van der Waals surface area contributed by atoms with Crippen LogP contribution >= 0.6 is 0 Å². The van der Waals surface area contributed by atoms with E-state index in [4.69, 9.17) is 4.74 Å². The van der Waals surface area contributed by atoms with E-state index in [1.165, 1.54) is 0 Å². The number of nitrogens with zero attached hydrogens (tertiary/aromatic N) is 1. The van der Waals surface area contributed by atoms with Crippen molar-refractivity contribution in [3.05, 3.63) is 46.2 Å². The summed E-state index contributed by atoms with van der Waals surface area (Å²) < 4.78 is 6.75. The van der Waals surface area contributed by atoms with Crippen LogP contribution in [0.4, 0.5) is 0 Å². The largest absolute Gasteiger partial charge is 0.383 e. The fraction of sp³-hybridized carbons (Fsp3) is 0.333. The molecule has 1 aromatic heterocycles. The molecular weight excluding hydrogens is 256 g/mol. The molecule has 5 nitrogen and oxygen atoms in total. The van der Waals surface area contributed by atoms with E-state index < -0.39 is 0 Å².